The Morgan fingerprint density at radius 1 is 0.300 bits per heavy atom. The van der Waals surface area contributed by atoms with E-state index in [1.165, 1.54) is 87.2 Å². The molecule has 0 aliphatic carbocycles. The summed E-state index contributed by atoms with van der Waals surface area (Å²) in [4.78, 5) is 4.49. The molecule has 232 valence electrons. The highest BCUT2D eigenvalue weighted by Crippen LogP contribution is 2.40. The van der Waals surface area contributed by atoms with Gasteiger partial charge in [0.25, 0.3) is 0 Å². The smallest absolute Gasteiger partial charge is 0.0724 e. The predicted molar refractivity (Wildman–Crippen MR) is 211 cm³/mol. The minimum atomic E-state index is 1.11. The van der Waals surface area contributed by atoms with Gasteiger partial charge in [-0.1, -0.05) is 103 Å². The fourth-order valence-corrected chi connectivity index (χ4v) is 8.37. The summed E-state index contributed by atoms with van der Waals surface area (Å²) in [7, 11) is 0. The average molecular weight is 636 g/mol. The Hall–Kier alpha value is -6.71. The van der Waals surface area contributed by atoms with Gasteiger partial charge in [-0.25, -0.2) is 0 Å². The first-order valence-corrected chi connectivity index (χ1v) is 17.1. The number of aromatic nitrogens is 3. The van der Waals surface area contributed by atoms with Crippen LogP contribution >= 0.6 is 0 Å². The topological polar surface area (TPSA) is 22.8 Å². The second-order valence-electron chi connectivity index (χ2n) is 13.2. The van der Waals surface area contributed by atoms with E-state index in [4.69, 9.17) is 0 Å². The maximum absolute atomic E-state index is 4.49. The molecule has 0 spiro atoms. The Labute approximate surface area is 287 Å². The molecular formula is C47H29N3. The minimum absolute atomic E-state index is 1.11. The summed E-state index contributed by atoms with van der Waals surface area (Å²) in [5.41, 5.74) is 9.40. The van der Waals surface area contributed by atoms with Gasteiger partial charge in [-0.2, -0.15) is 0 Å². The zero-order chi connectivity index (χ0) is 32.8. The molecule has 11 rings (SSSR count). The van der Waals surface area contributed by atoms with Crippen LogP contribution < -0.4 is 0 Å². The second kappa shape index (κ2) is 10.4. The Morgan fingerprint density at radius 2 is 0.800 bits per heavy atom. The number of hydrogen-bond acceptors (Lipinski definition) is 1. The van der Waals surface area contributed by atoms with Crippen LogP contribution in [0.2, 0.25) is 0 Å². The summed E-state index contributed by atoms with van der Waals surface area (Å²) >= 11 is 0. The lowest BCUT2D eigenvalue weighted by molar-refractivity contribution is 1.17. The van der Waals surface area contributed by atoms with Crippen molar-refractivity contribution >= 4 is 75.9 Å². The zero-order valence-electron chi connectivity index (χ0n) is 27.1. The van der Waals surface area contributed by atoms with Gasteiger partial charge in [-0.3, -0.25) is 4.98 Å². The number of pyridine rings is 1. The highest BCUT2D eigenvalue weighted by molar-refractivity contribution is 6.25. The molecule has 0 unspecified atom stereocenters. The van der Waals surface area contributed by atoms with E-state index in [-0.39, 0.29) is 0 Å². The summed E-state index contributed by atoms with van der Waals surface area (Å²) in [5, 5.41) is 12.6. The van der Waals surface area contributed by atoms with Gasteiger partial charge in [0.15, 0.2) is 0 Å². The van der Waals surface area contributed by atoms with Crippen LogP contribution in [0.15, 0.2) is 176 Å². The van der Waals surface area contributed by atoms with Crippen molar-refractivity contribution in [3.8, 4) is 22.5 Å². The fourth-order valence-electron chi connectivity index (χ4n) is 8.37. The van der Waals surface area contributed by atoms with Crippen molar-refractivity contribution in [2.45, 2.75) is 0 Å². The van der Waals surface area contributed by atoms with Crippen molar-refractivity contribution in [3.63, 3.8) is 0 Å². The molecule has 3 aromatic heterocycles. The molecule has 3 heteroatoms. The molecule has 0 bridgehead atoms. The molecule has 0 saturated heterocycles. The summed E-state index contributed by atoms with van der Waals surface area (Å²) < 4.78 is 4.75. The van der Waals surface area contributed by atoms with Crippen LogP contribution in [0.25, 0.3) is 98.4 Å². The third-order valence-electron chi connectivity index (χ3n) is 10.6. The van der Waals surface area contributed by atoms with Gasteiger partial charge in [-0.05, 0) is 104 Å². The van der Waals surface area contributed by atoms with E-state index in [9.17, 15) is 0 Å². The molecular weight excluding hydrogens is 607 g/mol. The Bertz CT molecular complexity index is 3110. The number of nitrogens with zero attached hydrogens (tertiary/aromatic N) is 3. The highest BCUT2D eigenvalue weighted by Gasteiger charge is 2.17. The molecule has 8 aromatic carbocycles. The lowest BCUT2D eigenvalue weighted by Gasteiger charge is -2.14. The van der Waals surface area contributed by atoms with Gasteiger partial charge in [-0.15, -0.1) is 0 Å². The number of hydrogen-bond donors (Lipinski definition) is 0. The molecule has 11 aromatic rings. The third kappa shape index (κ3) is 3.83. The van der Waals surface area contributed by atoms with Crippen molar-refractivity contribution in [2.24, 2.45) is 0 Å². The van der Waals surface area contributed by atoms with E-state index in [0.717, 1.165) is 11.2 Å². The summed E-state index contributed by atoms with van der Waals surface area (Å²) in [6.07, 6.45) is 3.86. The van der Waals surface area contributed by atoms with Crippen LogP contribution in [-0.2, 0) is 0 Å². The van der Waals surface area contributed by atoms with Crippen LogP contribution in [0.3, 0.4) is 0 Å². The molecule has 0 aliphatic heterocycles. The van der Waals surface area contributed by atoms with Gasteiger partial charge < -0.3 is 9.13 Å². The molecule has 0 atom stereocenters. The van der Waals surface area contributed by atoms with Crippen LogP contribution in [0, 0.1) is 0 Å². The summed E-state index contributed by atoms with van der Waals surface area (Å²) in [6, 6.07) is 59.9. The Balaban J connectivity index is 1.12. The molecule has 0 radical (unpaired) electrons. The van der Waals surface area contributed by atoms with E-state index in [0.29, 0.717) is 0 Å². The zero-order valence-corrected chi connectivity index (χ0v) is 27.1. The first kappa shape index (κ1) is 27.3. The largest absolute Gasteiger partial charge is 0.309 e. The van der Waals surface area contributed by atoms with E-state index in [1.807, 2.05) is 12.4 Å². The number of para-hydroxylation sites is 2. The Kier molecular flexibility index (Phi) is 5.67. The lowest BCUT2D eigenvalue weighted by atomic mass is 9.94. The maximum atomic E-state index is 4.49. The molecule has 3 nitrogen and oxygen atoms in total. The van der Waals surface area contributed by atoms with E-state index in [1.54, 1.807) is 0 Å². The van der Waals surface area contributed by atoms with Crippen molar-refractivity contribution < 1.29 is 0 Å². The van der Waals surface area contributed by atoms with E-state index in [2.05, 4.69) is 178 Å². The molecule has 0 aliphatic rings. The van der Waals surface area contributed by atoms with Crippen molar-refractivity contribution in [1.29, 1.82) is 0 Å². The normalized spacial score (nSPS) is 12.0. The summed E-state index contributed by atoms with van der Waals surface area (Å²) in [5.74, 6) is 0. The monoisotopic (exact) mass is 635 g/mol. The predicted octanol–water partition coefficient (Wildman–Crippen LogP) is 12.4. The van der Waals surface area contributed by atoms with Gasteiger partial charge in [0.1, 0.15) is 0 Å². The van der Waals surface area contributed by atoms with Crippen molar-refractivity contribution in [3.05, 3.63) is 176 Å². The Morgan fingerprint density at radius 3 is 1.46 bits per heavy atom. The van der Waals surface area contributed by atoms with Crippen molar-refractivity contribution in [1.82, 2.24) is 14.1 Å². The SMILES string of the molecule is c1ccc(-n2c3ccc(-c4ccc5c(c4)c4ccccc4n5-c4ccc5c6ccccc6c6ccccc6c5c4)cc3c3ccncc32)cc1. The average Bonchev–Trinajstić information content (AvgIpc) is 3.70. The van der Waals surface area contributed by atoms with Crippen LogP contribution in [0.4, 0.5) is 0 Å². The van der Waals surface area contributed by atoms with E-state index < -0.39 is 0 Å². The minimum Gasteiger partial charge on any atom is -0.309 e. The van der Waals surface area contributed by atoms with Crippen LogP contribution in [0.1, 0.15) is 0 Å². The number of rotatable bonds is 3. The fraction of sp³-hybridized carbons (Fsp3) is 0. The lowest BCUT2D eigenvalue weighted by Crippen LogP contribution is -1.94. The summed E-state index contributed by atoms with van der Waals surface area (Å²) in [6.45, 7) is 0. The molecule has 50 heavy (non-hydrogen) atoms. The van der Waals surface area contributed by atoms with Crippen molar-refractivity contribution in [2.75, 3.05) is 0 Å². The molecule has 0 fully saturated rings. The van der Waals surface area contributed by atoms with Crippen LogP contribution in [-0.4, -0.2) is 14.1 Å². The first-order valence-electron chi connectivity index (χ1n) is 17.1. The van der Waals surface area contributed by atoms with Gasteiger partial charge >= 0.3 is 0 Å². The molecule has 0 N–H and O–H groups in total. The van der Waals surface area contributed by atoms with Crippen LogP contribution in [0.5, 0.6) is 0 Å². The van der Waals surface area contributed by atoms with Gasteiger partial charge in [0, 0.05) is 39.1 Å². The first-order chi connectivity index (χ1) is 24.8. The number of fused-ring (bicyclic) bond motifs is 12. The second-order valence-corrected chi connectivity index (χ2v) is 13.2. The van der Waals surface area contributed by atoms with E-state index >= 15 is 0 Å². The third-order valence-corrected chi connectivity index (χ3v) is 10.6. The standard InChI is InChI=1S/C47H29N3/c1-2-10-32(11-3-1)49-45-22-18-31(27-43(45)40-24-25-48-29-47(40)49)30-19-23-46-42(26-30)39-16-8-9-17-44(39)50(46)33-20-21-38-36-14-5-4-12-34(36)35-13-6-7-15-37(35)41(38)28-33/h1-29H. The highest BCUT2D eigenvalue weighted by atomic mass is 15.0. The van der Waals surface area contributed by atoms with Gasteiger partial charge in [0.05, 0.1) is 28.3 Å². The quantitative estimate of drug-likeness (QED) is 0.177. The maximum Gasteiger partial charge on any atom is 0.0724 e. The van der Waals surface area contributed by atoms with Gasteiger partial charge in [0.2, 0.25) is 0 Å². The molecule has 0 saturated carbocycles. The molecule has 3 heterocycles. The molecule has 0 amide bonds. The number of benzene rings is 8.